The molecule has 1 atom stereocenters. The number of sulfonamides is 2. The Morgan fingerprint density at radius 3 is 2.42 bits per heavy atom. The lowest BCUT2D eigenvalue weighted by Crippen LogP contribution is -2.40. The average Bonchev–Trinajstić information content (AvgIpc) is 2.86. The van der Waals surface area contributed by atoms with Crippen LogP contribution in [0.3, 0.4) is 0 Å². The van der Waals surface area contributed by atoms with E-state index in [2.05, 4.69) is 4.72 Å². The van der Waals surface area contributed by atoms with Crippen LogP contribution in [0.15, 0.2) is 29.2 Å². The molecule has 0 bridgehead atoms. The van der Waals surface area contributed by atoms with Crippen molar-refractivity contribution in [3.8, 4) is 0 Å². The fourth-order valence-electron chi connectivity index (χ4n) is 2.50. The molecule has 0 saturated carbocycles. The number of benzene rings is 1. The van der Waals surface area contributed by atoms with Gasteiger partial charge in [-0.2, -0.15) is 4.72 Å². The van der Waals surface area contributed by atoms with Gasteiger partial charge in [0.2, 0.25) is 20.0 Å². The lowest BCUT2D eigenvalue weighted by molar-refractivity contribution is -0.139. The van der Waals surface area contributed by atoms with E-state index < -0.39 is 32.1 Å². The molecule has 8 nitrogen and oxygen atoms in total. The molecule has 0 amide bonds. The van der Waals surface area contributed by atoms with Crippen molar-refractivity contribution in [2.45, 2.75) is 37.1 Å². The maximum atomic E-state index is 12.3. The molecular formula is C14H20N2O6S2. The van der Waals surface area contributed by atoms with E-state index in [4.69, 9.17) is 5.11 Å². The van der Waals surface area contributed by atoms with Gasteiger partial charge < -0.3 is 5.11 Å². The molecule has 1 aromatic carbocycles. The Bertz CT molecular complexity index is 802. The predicted octanol–water partition coefficient (Wildman–Crippen LogP) is 0.758. The van der Waals surface area contributed by atoms with Gasteiger partial charge in [0.15, 0.2) is 0 Å². The van der Waals surface area contributed by atoms with Crippen LogP contribution in [0.2, 0.25) is 0 Å². The zero-order valence-corrected chi connectivity index (χ0v) is 14.8. The first-order valence-electron chi connectivity index (χ1n) is 7.53. The molecule has 1 aromatic rings. The maximum Gasteiger partial charge on any atom is 0.321 e. The Balaban J connectivity index is 2.21. The van der Waals surface area contributed by atoms with E-state index in [1.807, 2.05) is 0 Å². The van der Waals surface area contributed by atoms with E-state index in [-0.39, 0.29) is 17.1 Å². The molecule has 0 aromatic heterocycles. The van der Waals surface area contributed by atoms with Gasteiger partial charge in [0.25, 0.3) is 0 Å². The third-order valence-electron chi connectivity index (χ3n) is 3.71. The quantitative estimate of drug-likeness (QED) is 0.725. The van der Waals surface area contributed by atoms with Crippen molar-refractivity contribution in [2.24, 2.45) is 0 Å². The third kappa shape index (κ3) is 4.05. The Labute approximate surface area is 141 Å². The molecule has 1 unspecified atom stereocenters. The van der Waals surface area contributed by atoms with Gasteiger partial charge in [-0.1, -0.05) is 13.3 Å². The number of hydrogen-bond donors (Lipinski definition) is 2. The summed E-state index contributed by atoms with van der Waals surface area (Å²) in [5.41, 5.74) is 0.398. The van der Waals surface area contributed by atoms with Crippen LogP contribution in [-0.4, -0.2) is 46.3 Å². The van der Waals surface area contributed by atoms with E-state index in [9.17, 15) is 21.6 Å². The summed E-state index contributed by atoms with van der Waals surface area (Å²) < 4.78 is 51.7. The Kier molecular flexibility index (Phi) is 5.51. The fraction of sp³-hybridized carbons (Fsp3) is 0.500. The Hall–Kier alpha value is -1.65. The van der Waals surface area contributed by atoms with Crippen LogP contribution < -0.4 is 9.03 Å². The first-order valence-corrected chi connectivity index (χ1v) is 10.6. The molecule has 10 heteroatoms. The lowest BCUT2D eigenvalue weighted by atomic mass is 10.2. The summed E-state index contributed by atoms with van der Waals surface area (Å²) in [6, 6.07) is 4.17. The van der Waals surface area contributed by atoms with E-state index in [0.717, 1.165) is 0 Å². The van der Waals surface area contributed by atoms with Crippen molar-refractivity contribution in [1.82, 2.24) is 4.72 Å². The highest BCUT2D eigenvalue weighted by Crippen LogP contribution is 2.25. The predicted molar refractivity (Wildman–Crippen MR) is 88.8 cm³/mol. The highest BCUT2D eigenvalue weighted by molar-refractivity contribution is 7.93. The highest BCUT2D eigenvalue weighted by Gasteiger charge is 2.29. The summed E-state index contributed by atoms with van der Waals surface area (Å²) >= 11 is 0. The normalized spacial score (nSPS) is 18.5. The van der Waals surface area contributed by atoms with Crippen LogP contribution >= 0.6 is 0 Å². The number of carbonyl (C=O) groups is 1. The summed E-state index contributed by atoms with van der Waals surface area (Å²) in [5.74, 6) is -1.16. The van der Waals surface area contributed by atoms with Gasteiger partial charge >= 0.3 is 5.97 Å². The van der Waals surface area contributed by atoms with Gasteiger partial charge in [0.05, 0.1) is 16.3 Å². The zero-order valence-electron chi connectivity index (χ0n) is 13.2. The van der Waals surface area contributed by atoms with Crippen molar-refractivity contribution in [3.63, 3.8) is 0 Å². The fourth-order valence-corrected chi connectivity index (χ4v) is 5.29. The molecule has 2 rings (SSSR count). The third-order valence-corrected chi connectivity index (χ3v) is 7.06. The maximum absolute atomic E-state index is 12.3. The molecule has 0 radical (unpaired) electrons. The second-order valence-electron chi connectivity index (χ2n) is 5.54. The Morgan fingerprint density at radius 1 is 1.33 bits per heavy atom. The van der Waals surface area contributed by atoms with Gasteiger partial charge in [-0.25, -0.2) is 16.8 Å². The molecule has 134 valence electrons. The van der Waals surface area contributed by atoms with Crippen molar-refractivity contribution in [2.75, 3.05) is 16.6 Å². The van der Waals surface area contributed by atoms with Gasteiger partial charge in [-0.3, -0.25) is 9.10 Å². The number of aliphatic carboxylic acids is 1. The van der Waals surface area contributed by atoms with Crippen LogP contribution in [0.4, 0.5) is 5.69 Å². The van der Waals surface area contributed by atoms with Crippen LogP contribution in [-0.2, 0) is 24.8 Å². The lowest BCUT2D eigenvalue weighted by Gasteiger charge is -2.18. The second-order valence-corrected chi connectivity index (χ2v) is 9.26. The number of hydrogen-bond acceptors (Lipinski definition) is 5. The standard InChI is InChI=1S/C14H20N2O6S2/c1-2-4-13(14(17)18)15-24(21,22)12-7-5-11(6-8-12)16-9-3-10-23(16,19)20/h5-8,13,15H,2-4,9-10H2,1H3,(H,17,18). The molecule has 1 heterocycles. The molecule has 1 aliphatic heterocycles. The summed E-state index contributed by atoms with van der Waals surface area (Å²) in [4.78, 5) is 11.0. The topological polar surface area (TPSA) is 121 Å². The van der Waals surface area contributed by atoms with Crippen molar-refractivity contribution < 1.29 is 26.7 Å². The van der Waals surface area contributed by atoms with Crippen LogP contribution in [0.25, 0.3) is 0 Å². The smallest absolute Gasteiger partial charge is 0.321 e. The molecule has 0 aliphatic carbocycles. The minimum absolute atomic E-state index is 0.0753. The second kappa shape index (κ2) is 7.08. The van der Waals surface area contributed by atoms with Gasteiger partial charge in [0.1, 0.15) is 6.04 Å². The Morgan fingerprint density at radius 2 is 1.96 bits per heavy atom. The minimum atomic E-state index is -3.99. The first kappa shape index (κ1) is 18.7. The largest absolute Gasteiger partial charge is 0.480 e. The van der Waals surface area contributed by atoms with E-state index in [1.165, 1.54) is 28.6 Å². The monoisotopic (exact) mass is 376 g/mol. The highest BCUT2D eigenvalue weighted by atomic mass is 32.2. The van der Waals surface area contributed by atoms with Crippen LogP contribution in [0, 0.1) is 0 Å². The zero-order chi connectivity index (χ0) is 18.0. The van der Waals surface area contributed by atoms with Gasteiger partial charge in [-0.05, 0) is 37.1 Å². The van der Waals surface area contributed by atoms with E-state index >= 15 is 0 Å². The molecule has 2 N–H and O–H groups in total. The number of carboxylic acid groups (broad SMARTS) is 1. The van der Waals surface area contributed by atoms with E-state index in [1.54, 1.807) is 6.92 Å². The van der Waals surface area contributed by atoms with Crippen molar-refractivity contribution in [1.29, 1.82) is 0 Å². The summed E-state index contributed by atoms with van der Waals surface area (Å²) in [6.07, 6.45) is 1.23. The van der Waals surface area contributed by atoms with E-state index in [0.29, 0.717) is 25.1 Å². The first-order chi connectivity index (χ1) is 11.2. The average molecular weight is 376 g/mol. The molecule has 0 spiro atoms. The SMILES string of the molecule is CCCC(NS(=O)(=O)c1ccc(N2CCCS2(=O)=O)cc1)C(=O)O. The van der Waals surface area contributed by atoms with Crippen LogP contribution in [0.5, 0.6) is 0 Å². The number of anilines is 1. The summed E-state index contributed by atoms with van der Waals surface area (Å²) in [7, 11) is -7.33. The number of nitrogens with one attached hydrogen (secondary N) is 1. The summed E-state index contributed by atoms with van der Waals surface area (Å²) in [5, 5.41) is 9.06. The summed E-state index contributed by atoms with van der Waals surface area (Å²) in [6.45, 7) is 2.12. The molecule has 1 saturated heterocycles. The minimum Gasteiger partial charge on any atom is -0.480 e. The van der Waals surface area contributed by atoms with Crippen molar-refractivity contribution in [3.05, 3.63) is 24.3 Å². The molecule has 1 aliphatic rings. The molecule has 24 heavy (non-hydrogen) atoms. The number of rotatable bonds is 7. The van der Waals surface area contributed by atoms with Gasteiger partial charge in [-0.15, -0.1) is 0 Å². The molecule has 1 fully saturated rings. The van der Waals surface area contributed by atoms with Crippen molar-refractivity contribution >= 4 is 31.7 Å². The number of nitrogens with zero attached hydrogens (tertiary/aromatic N) is 1. The van der Waals surface area contributed by atoms with Crippen LogP contribution in [0.1, 0.15) is 26.2 Å². The van der Waals surface area contributed by atoms with Gasteiger partial charge in [0, 0.05) is 6.54 Å². The number of carboxylic acids is 1. The molecular weight excluding hydrogens is 356 g/mol.